The molecule has 0 radical (unpaired) electrons. The molecular weight excluding hydrogens is 976 g/mol. The van der Waals surface area contributed by atoms with Crippen molar-refractivity contribution in [1.29, 1.82) is 0 Å². The number of allylic oxidation sites excluding steroid dienone is 4. The van der Waals surface area contributed by atoms with E-state index in [1.54, 1.807) is 24.3 Å². The first-order valence-corrected chi connectivity index (χ1v) is 26.0. The number of nitrogens with zero attached hydrogens (tertiary/aromatic N) is 2. The van der Waals surface area contributed by atoms with Crippen molar-refractivity contribution in [3.8, 4) is 11.5 Å². The fraction of sp³-hybridized carbons (Fsp3) is 0.439. The number of likely N-dealkylation sites (tertiary alicyclic amines) is 2. The number of carboxylic acid groups (broad SMARTS) is 2. The number of carbonyl (C=O) groups excluding carboxylic acids is 2. The second-order valence-electron chi connectivity index (χ2n) is 18.6. The zero-order valence-electron chi connectivity index (χ0n) is 41.2. The summed E-state index contributed by atoms with van der Waals surface area (Å²) >= 11 is 12.8. The molecule has 0 spiro atoms. The van der Waals surface area contributed by atoms with E-state index >= 15 is 0 Å². The number of carbonyl (C=O) groups is 4. The topological polar surface area (TPSA) is 171 Å². The molecule has 4 aromatic rings. The Kier molecular flexibility index (Phi) is 21.3. The predicted octanol–water partition coefficient (Wildman–Crippen LogP) is 12.5. The van der Waals surface area contributed by atoms with Gasteiger partial charge in [-0.05, 0) is 88.7 Å². The van der Waals surface area contributed by atoms with Crippen LogP contribution >= 0.6 is 23.2 Å². The molecule has 0 aromatic heterocycles. The summed E-state index contributed by atoms with van der Waals surface area (Å²) in [7, 11) is 0. The molecular formula is C57H66Cl2N2O12. The molecule has 1 amide bonds. The van der Waals surface area contributed by atoms with Gasteiger partial charge in [0.25, 0.3) is 0 Å². The molecule has 4 fully saturated rings. The number of halogens is 2. The first kappa shape index (κ1) is 55.2. The summed E-state index contributed by atoms with van der Waals surface area (Å²) in [6.45, 7) is 5.87. The Hall–Kier alpha value is -5.58. The SMILES string of the molecule is CC(=O)Oc1ccccc1[C@H]1OC(c2ccccc2Cl)OC[C@H]1C/C=C\CCC(=O)O.O=C(O)CC/C=C\C[C@@H]1COC(c2ccccc2Cl)O[C@@H]1c1ccccc1OC(=O)N1CCC(N2CCCCC2)CC1. The Balaban J connectivity index is 0.000000224. The standard InChI is InChI=1S/C33H41ClN2O6.C24H25ClO6/c34-28-14-7-5-12-26(28)32-40-23-24(11-3-1-4-16-30(37)38)31(42-32)27-13-6-8-15-29(27)41-33(39)36-21-17-25(18-22-36)35-19-9-2-10-20-35;1-16(26)30-21-13-8-6-11-19(21)23-17(9-3-2-4-14-22(27)28)15-29-24(31-23)18-10-5-7-12-20(18)25/h1,3,5-8,12-15,24-25,31-32H,2,4,9-11,16-23H2,(H,37,38);2-3,5-8,10-13,17,23-24H,4,9,14-15H2,1H3,(H,27,28)/b3-1-;3-2-/t24-,31+,32?;17-,23+,24?/m11/s1. The van der Waals surface area contributed by atoms with E-state index in [0.29, 0.717) is 79.6 Å². The third-order valence-electron chi connectivity index (χ3n) is 13.4. The number of piperidine rings is 2. The quantitative estimate of drug-likeness (QED) is 0.0582. The summed E-state index contributed by atoms with van der Waals surface area (Å²) < 4.78 is 36.5. The van der Waals surface area contributed by atoms with Crippen molar-refractivity contribution in [1.82, 2.24) is 9.80 Å². The molecule has 390 valence electrons. The van der Waals surface area contributed by atoms with Gasteiger partial charge < -0.3 is 48.4 Å². The van der Waals surface area contributed by atoms with E-state index in [9.17, 15) is 19.2 Å². The lowest BCUT2D eigenvalue weighted by Crippen LogP contribution is -2.48. The maximum atomic E-state index is 13.3. The molecule has 6 atom stereocenters. The maximum absolute atomic E-state index is 13.3. The van der Waals surface area contributed by atoms with E-state index in [1.165, 1.54) is 39.3 Å². The van der Waals surface area contributed by atoms with Crippen LogP contribution < -0.4 is 9.47 Å². The minimum absolute atomic E-state index is 0.0588. The Morgan fingerprint density at radius 3 is 1.48 bits per heavy atom. The summed E-state index contributed by atoms with van der Waals surface area (Å²) in [5.74, 6) is -1.28. The van der Waals surface area contributed by atoms with Gasteiger partial charge in [-0.3, -0.25) is 14.4 Å². The van der Waals surface area contributed by atoms with Crippen LogP contribution in [0.15, 0.2) is 121 Å². The number of para-hydroxylation sites is 2. The van der Waals surface area contributed by atoms with E-state index in [4.69, 9.17) is 61.8 Å². The van der Waals surface area contributed by atoms with Crippen molar-refractivity contribution in [3.63, 3.8) is 0 Å². The molecule has 73 heavy (non-hydrogen) atoms. The van der Waals surface area contributed by atoms with Crippen molar-refractivity contribution in [2.75, 3.05) is 39.4 Å². The average molecular weight is 1040 g/mol. The van der Waals surface area contributed by atoms with Gasteiger partial charge >= 0.3 is 24.0 Å². The monoisotopic (exact) mass is 1040 g/mol. The molecule has 2 unspecified atom stereocenters. The van der Waals surface area contributed by atoms with Gasteiger partial charge in [0.1, 0.15) is 11.5 Å². The predicted molar refractivity (Wildman–Crippen MR) is 276 cm³/mol. The second-order valence-corrected chi connectivity index (χ2v) is 19.5. The zero-order valence-corrected chi connectivity index (χ0v) is 42.7. The van der Waals surface area contributed by atoms with Crippen LogP contribution in [0.5, 0.6) is 11.5 Å². The van der Waals surface area contributed by atoms with Gasteiger partial charge in [-0.2, -0.15) is 0 Å². The molecule has 4 aromatic carbocycles. The summed E-state index contributed by atoms with van der Waals surface area (Å²) in [6, 6.07) is 30.1. The number of ether oxygens (including phenoxy) is 6. The Morgan fingerprint density at radius 1 is 0.589 bits per heavy atom. The van der Waals surface area contributed by atoms with Gasteiger partial charge in [-0.25, -0.2) is 4.79 Å². The summed E-state index contributed by atoms with van der Waals surface area (Å²) in [5.41, 5.74) is 3.00. The Labute approximate surface area is 437 Å². The second kappa shape index (κ2) is 28.2. The highest BCUT2D eigenvalue weighted by Gasteiger charge is 2.38. The van der Waals surface area contributed by atoms with Crippen LogP contribution in [0.25, 0.3) is 0 Å². The van der Waals surface area contributed by atoms with Gasteiger partial charge in [0, 0.05) is 83.0 Å². The summed E-state index contributed by atoms with van der Waals surface area (Å²) in [6.07, 6.45) is 13.3. The molecule has 4 aliphatic heterocycles. The maximum Gasteiger partial charge on any atom is 0.415 e. The third kappa shape index (κ3) is 16.2. The van der Waals surface area contributed by atoms with E-state index in [2.05, 4.69) is 4.90 Å². The number of carboxylic acids is 2. The van der Waals surface area contributed by atoms with Crippen LogP contribution in [0.3, 0.4) is 0 Å². The van der Waals surface area contributed by atoms with Crippen LogP contribution in [-0.4, -0.2) is 89.4 Å². The number of hydrogen-bond acceptors (Lipinski definition) is 11. The fourth-order valence-electron chi connectivity index (χ4n) is 9.68. The number of amides is 1. The molecule has 4 heterocycles. The summed E-state index contributed by atoms with van der Waals surface area (Å²) in [5, 5.41) is 18.8. The number of aliphatic carboxylic acids is 2. The van der Waals surface area contributed by atoms with Crippen molar-refractivity contribution >= 4 is 47.2 Å². The molecule has 4 aliphatic rings. The molecule has 8 rings (SSSR count). The lowest BCUT2D eigenvalue weighted by atomic mass is 9.91. The highest BCUT2D eigenvalue weighted by Crippen LogP contribution is 2.46. The molecule has 2 N–H and O–H groups in total. The fourth-order valence-corrected chi connectivity index (χ4v) is 10.1. The molecule has 14 nitrogen and oxygen atoms in total. The van der Waals surface area contributed by atoms with Crippen molar-refractivity contribution in [3.05, 3.63) is 154 Å². The highest BCUT2D eigenvalue weighted by atomic mass is 35.5. The Bertz CT molecular complexity index is 2510. The van der Waals surface area contributed by atoms with Gasteiger partial charge in [-0.1, -0.05) is 127 Å². The van der Waals surface area contributed by atoms with Gasteiger partial charge in [0.2, 0.25) is 0 Å². The zero-order chi connectivity index (χ0) is 51.5. The van der Waals surface area contributed by atoms with Crippen LogP contribution in [0.2, 0.25) is 10.0 Å². The molecule has 4 saturated heterocycles. The number of esters is 1. The summed E-state index contributed by atoms with van der Waals surface area (Å²) in [4.78, 5) is 50.9. The minimum atomic E-state index is -0.829. The van der Waals surface area contributed by atoms with Gasteiger partial charge in [-0.15, -0.1) is 0 Å². The van der Waals surface area contributed by atoms with Crippen LogP contribution in [0.4, 0.5) is 4.79 Å². The van der Waals surface area contributed by atoms with E-state index in [-0.39, 0.29) is 30.8 Å². The molecule has 0 bridgehead atoms. The lowest BCUT2D eigenvalue weighted by Gasteiger charge is -2.40. The van der Waals surface area contributed by atoms with E-state index in [1.807, 2.05) is 102 Å². The van der Waals surface area contributed by atoms with Crippen molar-refractivity contribution in [2.24, 2.45) is 11.8 Å². The molecule has 0 saturated carbocycles. The smallest absolute Gasteiger partial charge is 0.415 e. The average Bonchev–Trinajstić information content (AvgIpc) is 3.39. The van der Waals surface area contributed by atoms with Crippen molar-refractivity contribution < 1.29 is 57.8 Å². The first-order chi connectivity index (χ1) is 35.4. The van der Waals surface area contributed by atoms with Crippen molar-refractivity contribution in [2.45, 2.75) is 108 Å². The lowest BCUT2D eigenvalue weighted by molar-refractivity contribution is -0.244. The van der Waals surface area contributed by atoms with Crippen LogP contribution in [-0.2, 0) is 33.3 Å². The van der Waals surface area contributed by atoms with Crippen LogP contribution in [0, 0.1) is 11.8 Å². The molecule has 16 heteroatoms. The largest absolute Gasteiger partial charge is 0.481 e. The Morgan fingerprint density at radius 2 is 1.03 bits per heavy atom. The highest BCUT2D eigenvalue weighted by molar-refractivity contribution is 6.31. The minimum Gasteiger partial charge on any atom is -0.481 e. The number of benzene rings is 4. The van der Waals surface area contributed by atoms with Gasteiger partial charge in [0.15, 0.2) is 12.6 Å². The number of rotatable bonds is 17. The molecule has 0 aliphatic carbocycles. The van der Waals surface area contributed by atoms with Crippen LogP contribution in [0.1, 0.15) is 125 Å². The van der Waals surface area contributed by atoms with Gasteiger partial charge in [0.05, 0.1) is 25.4 Å². The normalized spacial score (nSPS) is 22.9. The van der Waals surface area contributed by atoms with E-state index in [0.717, 1.165) is 35.1 Å². The van der Waals surface area contributed by atoms with E-state index < -0.39 is 42.7 Å². The first-order valence-electron chi connectivity index (χ1n) is 25.3. The number of hydrogen-bond donors (Lipinski definition) is 2. The third-order valence-corrected chi connectivity index (χ3v) is 14.1.